The largest absolute Gasteiger partial charge is 0.507 e. The van der Waals surface area contributed by atoms with E-state index in [9.17, 15) is 40.5 Å². The minimum absolute atomic E-state index is 0.0691. The average Bonchev–Trinajstić information content (AvgIpc) is 2.74. The van der Waals surface area contributed by atoms with Gasteiger partial charge in [-0.3, -0.25) is 4.79 Å². The maximum absolute atomic E-state index is 12.6. The van der Waals surface area contributed by atoms with E-state index < -0.39 is 59.1 Å². The van der Waals surface area contributed by atoms with Crippen LogP contribution in [-0.2, 0) is 4.74 Å². The summed E-state index contributed by atoms with van der Waals surface area (Å²) >= 11 is 0. The Balaban J connectivity index is 1.78. The number of fused-ring (bicyclic) bond motifs is 1. The second-order valence-corrected chi connectivity index (χ2v) is 7.43. The number of rotatable bonds is 3. The molecule has 32 heavy (non-hydrogen) atoms. The zero-order valence-electron chi connectivity index (χ0n) is 16.5. The van der Waals surface area contributed by atoms with Gasteiger partial charge in [0.25, 0.3) is 0 Å². The molecule has 1 aliphatic heterocycles. The van der Waals surface area contributed by atoms with Crippen LogP contribution < -0.4 is 10.2 Å². The molecule has 2 heterocycles. The Hall–Kier alpha value is -3.51. The van der Waals surface area contributed by atoms with Gasteiger partial charge in [0.15, 0.2) is 17.3 Å². The van der Waals surface area contributed by atoms with Gasteiger partial charge in [0, 0.05) is 17.7 Å². The number of aromatic hydroxyl groups is 4. The van der Waals surface area contributed by atoms with Crippen molar-refractivity contribution < 1.29 is 49.6 Å². The number of aliphatic hydroxyl groups excluding tert-OH is 3. The normalized spacial score (nSPS) is 25.7. The van der Waals surface area contributed by atoms with Gasteiger partial charge in [0.05, 0.1) is 6.10 Å². The molecule has 7 N–H and O–H groups in total. The van der Waals surface area contributed by atoms with Crippen LogP contribution in [0.5, 0.6) is 28.7 Å². The molecule has 11 nitrogen and oxygen atoms in total. The molecular weight excluding hydrogens is 428 g/mol. The molecule has 1 fully saturated rings. The van der Waals surface area contributed by atoms with Crippen LogP contribution in [-0.4, -0.2) is 66.5 Å². The molecule has 170 valence electrons. The van der Waals surface area contributed by atoms with E-state index in [1.54, 1.807) is 0 Å². The lowest BCUT2D eigenvalue weighted by atomic mass is 10.00. The number of ether oxygens (including phenoxy) is 2. The minimum Gasteiger partial charge on any atom is -0.507 e. The Labute approximate surface area is 179 Å². The van der Waals surface area contributed by atoms with Crippen LogP contribution in [0.25, 0.3) is 22.3 Å². The van der Waals surface area contributed by atoms with Crippen molar-refractivity contribution >= 4 is 11.0 Å². The highest BCUT2D eigenvalue weighted by Gasteiger charge is 2.43. The average molecular weight is 448 g/mol. The lowest BCUT2D eigenvalue weighted by Crippen LogP contribution is -2.58. The van der Waals surface area contributed by atoms with E-state index in [-0.39, 0.29) is 28.0 Å². The molecule has 11 heteroatoms. The molecule has 0 saturated carbocycles. The molecule has 0 unspecified atom stereocenters. The molecule has 0 aliphatic carbocycles. The summed E-state index contributed by atoms with van der Waals surface area (Å²) < 4.78 is 16.4. The third-order valence-corrected chi connectivity index (χ3v) is 5.22. The van der Waals surface area contributed by atoms with Crippen molar-refractivity contribution in [3.63, 3.8) is 0 Å². The first-order chi connectivity index (χ1) is 15.1. The van der Waals surface area contributed by atoms with Crippen molar-refractivity contribution in [3.05, 3.63) is 40.6 Å². The van der Waals surface area contributed by atoms with E-state index in [1.165, 1.54) is 19.1 Å². The van der Waals surface area contributed by atoms with Gasteiger partial charge in [0.1, 0.15) is 40.8 Å². The van der Waals surface area contributed by atoms with E-state index >= 15 is 0 Å². The topological polar surface area (TPSA) is 190 Å². The van der Waals surface area contributed by atoms with E-state index in [4.69, 9.17) is 13.9 Å². The Bertz CT molecular complexity index is 1230. The number of hydrogen-bond donors (Lipinski definition) is 7. The predicted octanol–water partition coefficient (Wildman–Crippen LogP) is 0.489. The fourth-order valence-corrected chi connectivity index (χ4v) is 3.44. The molecule has 1 aliphatic rings. The van der Waals surface area contributed by atoms with Crippen LogP contribution >= 0.6 is 0 Å². The Morgan fingerprint density at radius 2 is 1.59 bits per heavy atom. The summed E-state index contributed by atoms with van der Waals surface area (Å²) in [4.78, 5) is 12.6. The van der Waals surface area contributed by atoms with Crippen molar-refractivity contribution in [2.45, 2.75) is 37.6 Å². The highest BCUT2D eigenvalue weighted by Crippen LogP contribution is 2.38. The van der Waals surface area contributed by atoms with Crippen LogP contribution in [0.4, 0.5) is 0 Å². The molecule has 0 amide bonds. The third kappa shape index (κ3) is 3.56. The fourth-order valence-electron chi connectivity index (χ4n) is 3.44. The highest BCUT2D eigenvalue weighted by molar-refractivity contribution is 5.88. The van der Waals surface area contributed by atoms with Crippen molar-refractivity contribution in [2.75, 3.05) is 0 Å². The first-order valence-electron chi connectivity index (χ1n) is 9.50. The van der Waals surface area contributed by atoms with E-state index in [0.29, 0.717) is 0 Å². The summed E-state index contributed by atoms with van der Waals surface area (Å²) in [7, 11) is 0. The Morgan fingerprint density at radius 1 is 0.875 bits per heavy atom. The third-order valence-electron chi connectivity index (χ3n) is 5.22. The maximum Gasteiger partial charge on any atom is 0.238 e. The molecule has 0 spiro atoms. The highest BCUT2D eigenvalue weighted by atomic mass is 16.7. The summed E-state index contributed by atoms with van der Waals surface area (Å²) in [6.45, 7) is 1.47. The summed E-state index contributed by atoms with van der Waals surface area (Å²) in [5.74, 6) is -2.80. The van der Waals surface area contributed by atoms with E-state index in [2.05, 4.69) is 0 Å². The summed E-state index contributed by atoms with van der Waals surface area (Å²) in [6.07, 6.45) is -6.75. The van der Waals surface area contributed by atoms with Crippen molar-refractivity contribution in [1.82, 2.24) is 0 Å². The van der Waals surface area contributed by atoms with Crippen molar-refractivity contribution in [1.29, 1.82) is 0 Å². The SMILES string of the molecule is C[C@H]1O[C@@H](Oc2cc(O)c3c(=O)c(O)c(-c4ccc(O)c(O)c4)oc3c2)[C@H](O)[C@H](O)[C@H]1O. The number of hydrogen-bond acceptors (Lipinski definition) is 11. The Morgan fingerprint density at radius 3 is 2.28 bits per heavy atom. The van der Waals surface area contributed by atoms with Gasteiger partial charge >= 0.3 is 0 Å². The maximum atomic E-state index is 12.6. The lowest BCUT2D eigenvalue weighted by molar-refractivity contribution is -0.268. The summed E-state index contributed by atoms with van der Waals surface area (Å²) in [6, 6.07) is 5.72. The number of phenolic OH excluding ortho intramolecular Hbond substituents is 3. The zero-order valence-corrected chi connectivity index (χ0v) is 16.5. The molecular formula is C21H20O11. The molecule has 2 aromatic carbocycles. The predicted molar refractivity (Wildman–Crippen MR) is 108 cm³/mol. The van der Waals surface area contributed by atoms with Gasteiger partial charge in [-0.1, -0.05) is 0 Å². The molecule has 1 aromatic heterocycles. The van der Waals surface area contributed by atoms with Crippen molar-refractivity contribution in [2.24, 2.45) is 0 Å². The van der Waals surface area contributed by atoms with Gasteiger partial charge in [-0.15, -0.1) is 0 Å². The van der Waals surface area contributed by atoms with Crippen LogP contribution in [0, 0.1) is 0 Å². The standard InChI is InChI=1S/C21H20O11/c1-7-15(25)17(27)19(29)21(30-7)31-9-5-12(24)14-13(6-9)32-20(18(28)16(14)26)8-2-3-10(22)11(23)4-8/h2-7,15,17,19,21-25,27-29H,1H3/t7-,15+,17-,19-,21+/m1/s1. The van der Waals surface area contributed by atoms with Gasteiger partial charge in [-0.2, -0.15) is 0 Å². The van der Waals surface area contributed by atoms with Gasteiger partial charge in [0.2, 0.25) is 17.5 Å². The molecule has 4 rings (SSSR count). The molecule has 0 radical (unpaired) electrons. The minimum atomic E-state index is -1.61. The lowest BCUT2D eigenvalue weighted by Gasteiger charge is -2.38. The Kier molecular flexibility index (Phi) is 5.34. The first kappa shape index (κ1) is 21.7. The smallest absolute Gasteiger partial charge is 0.238 e. The quantitative estimate of drug-likeness (QED) is 0.276. The fraction of sp³-hybridized carbons (Fsp3) is 0.286. The zero-order chi connectivity index (χ0) is 23.3. The van der Waals surface area contributed by atoms with Gasteiger partial charge in [-0.25, -0.2) is 0 Å². The first-order valence-corrected chi connectivity index (χ1v) is 9.50. The van der Waals surface area contributed by atoms with E-state index in [0.717, 1.165) is 18.2 Å². The molecule has 3 aromatic rings. The van der Waals surface area contributed by atoms with Crippen LogP contribution in [0.2, 0.25) is 0 Å². The number of benzene rings is 2. The number of phenols is 3. The van der Waals surface area contributed by atoms with Crippen LogP contribution in [0.15, 0.2) is 39.5 Å². The van der Waals surface area contributed by atoms with Crippen LogP contribution in [0.3, 0.4) is 0 Å². The van der Waals surface area contributed by atoms with Crippen LogP contribution in [0.1, 0.15) is 6.92 Å². The second kappa shape index (κ2) is 7.88. The molecule has 0 bridgehead atoms. The molecule has 1 saturated heterocycles. The molecule has 5 atom stereocenters. The van der Waals surface area contributed by atoms with Gasteiger partial charge < -0.3 is 49.6 Å². The number of aliphatic hydroxyl groups is 3. The van der Waals surface area contributed by atoms with Crippen molar-refractivity contribution in [3.8, 4) is 40.1 Å². The summed E-state index contributed by atoms with van der Waals surface area (Å²) in [5.41, 5.74) is -1.09. The summed E-state index contributed by atoms with van der Waals surface area (Å²) in [5, 5.41) is 69.3. The second-order valence-electron chi connectivity index (χ2n) is 7.43. The van der Waals surface area contributed by atoms with E-state index in [1.807, 2.05) is 0 Å². The monoisotopic (exact) mass is 448 g/mol. The van der Waals surface area contributed by atoms with Gasteiger partial charge in [-0.05, 0) is 25.1 Å².